The van der Waals surface area contributed by atoms with E-state index in [2.05, 4.69) is 4.74 Å². The summed E-state index contributed by atoms with van der Waals surface area (Å²) < 4.78 is 36.8. The molecule has 4 nitrogen and oxygen atoms in total. The van der Waals surface area contributed by atoms with E-state index in [1.807, 2.05) is 0 Å². The van der Waals surface area contributed by atoms with Gasteiger partial charge in [-0.25, -0.2) is 13.4 Å². The summed E-state index contributed by atoms with van der Waals surface area (Å²) in [6, 6.07) is 2.90. The van der Waals surface area contributed by atoms with E-state index >= 15 is 0 Å². The first kappa shape index (κ1) is 13.8. The molecule has 17 heavy (non-hydrogen) atoms. The second kappa shape index (κ2) is 5.88. The summed E-state index contributed by atoms with van der Waals surface area (Å²) in [5.74, 6) is -0.745. The topological polar surface area (TPSA) is 63.6 Å². The second-order valence-corrected chi connectivity index (χ2v) is 4.46. The minimum atomic E-state index is -2.00. The zero-order chi connectivity index (χ0) is 13.0. The number of hydrogen-bond donors (Lipinski definition) is 1. The van der Waals surface area contributed by atoms with Gasteiger partial charge in [0.25, 0.3) is 0 Å². The van der Waals surface area contributed by atoms with Gasteiger partial charge in [0.1, 0.15) is 6.67 Å². The van der Waals surface area contributed by atoms with Crippen LogP contribution >= 0.6 is 0 Å². The first-order valence-corrected chi connectivity index (χ1v) is 6.11. The van der Waals surface area contributed by atoms with Gasteiger partial charge in [-0.2, -0.15) is 0 Å². The van der Waals surface area contributed by atoms with Crippen LogP contribution in [0.2, 0.25) is 0 Å². The van der Waals surface area contributed by atoms with Crippen molar-refractivity contribution in [2.75, 3.05) is 7.11 Å². The summed E-state index contributed by atoms with van der Waals surface area (Å²) in [5.41, 5.74) is 1.53. The van der Waals surface area contributed by atoms with Crippen LogP contribution in [0.3, 0.4) is 0 Å². The molecule has 1 aromatic carbocycles. The molecule has 6 heteroatoms. The summed E-state index contributed by atoms with van der Waals surface area (Å²) in [6.07, 6.45) is 0. The number of ether oxygens (including phenoxy) is 1. The zero-order valence-corrected chi connectivity index (χ0v) is 10.3. The highest BCUT2D eigenvalue weighted by atomic mass is 32.2. The van der Waals surface area contributed by atoms with Gasteiger partial charge in [0.05, 0.1) is 18.4 Å². The second-order valence-electron chi connectivity index (χ2n) is 3.53. The average molecular weight is 260 g/mol. The molecule has 94 valence electrons. The predicted octanol–water partition coefficient (Wildman–Crippen LogP) is 1.97. The first-order chi connectivity index (χ1) is 7.99. The molecule has 1 unspecified atom stereocenters. The van der Waals surface area contributed by atoms with E-state index in [4.69, 9.17) is 4.55 Å². The van der Waals surface area contributed by atoms with Crippen LogP contribution in [-0.4, -0.2) is 21.8 Å². The van der Waals surface area contributed by atoms with Crippen molar-refractivity contribution in [1.29, 1.82) is 0 Å². The summed E-state index contributed by atoms with van der Waals surface area (Å²) in [5, 5.41) is 0. The molecule has 0 fully saturated rings. The summed E-state index contributed by atoms with van der Waals surface area (Å²) in [6.45, 7) is 0.913. The highest BCUT2D eigenvalue weighted by Gasteiger charge is 2.15. The van der Waals surface area contributed by atoms with Crippen molar-refractivity contribution in [3.05, 3.63) is 34.4 Å². The number of benzene rings is 1. The maximum absolute atomic E-state index is 12.7. The minimum absolute atomic E-state index is 0.0948. The molecular weight excluding hydrogens is 247 g/mol. The predicted molar refractivity (Wildman–Crippen MR) is 61.8 cm³/mol. The Balaban J connectivity index is 3.26. The Morgan fingerprint density at radius 2 is 2.12 bits per heavy atom. The van der Waals surface area contributed by atoms with E-state index < -0.39 is 23.7 Å². The van der Waals surface area contributed by atoms with E-state index in [-0.39, 0.29) is 16.9 Å². The molecule has 0 amide bonds. The van der Waals surface area contributed by atoms with Crippen molar-refractivity contribution >= 4 is 17.0 Å². The van der Waals surface area contributed by atoms with Gasteiger partial charge in [0, 0.05) is 0 Å². The molecule has 0 aromatic heterocycles. The van der Waals surface area contributed by atoms with Gasteiger partial charge >= 0.3 is 5.97 Å². The fourth-order valence-electron chi connectivity index (χ4n) is 1.51. The van der Waals surface area contributed by atoms with E-state index in [0.29, 0.717) is 11.1 Å². The van der Waals surface area contributed by atoms with Crippen LogP contribution < -0.4 is 0 Å². The lowest BCUT2D eigenvalue weighted by Crippen LogP contribution is -2.08. The summed E-state index contributed by atoms with van der Waals surface area (Å²) in [7, 11) is 1.20. The van der Waals surface area contributed by atoms with Crippen LogP contribution in [-0.2, 0) is 28.2 Å². The Hall–Kier alpha value is -1.27. The molecule has 0 aliphatic rings. The van der Waals surface area contributed by atoms with Gasteiger partial charge in [0.2, 0.25) is 0 Å². The maximum atomic E-state index is 12.7. The van der Waals surface area contributed by atoms with Crippen LogP contribution in [0.25, 0.3) is 0 Å². The van der Waals surface area contributed by atoms with Crippen LogP contribution in [0, 0.1) is 6.92 Å². The van der Waals surface area contributed by atoms with E-state index in [1.54, 1.807) is 6.92 Å². The Morgan fingerprint density at radius 1 is 1.47 bits per heavy atom. The number of methoxy groups -OCH3 is 1. The first-order valence-electron chi connectivity index (χ1n) is 4.83. The number of carbonyl (C=O) groups excluding carboxylic acids is 1. The van der Waals surface area contributed by atoms with Crippen LogP contribution in [0.15, 0.2) is 12.1 Å². The Morgan fingerprint density at radius 3 is 2.59 bits per heavy atom. The lowest BCUT2D eigenvalue weighted by Gasteiger charge is -2.10. The molecule has 1 atom stereocenters. The number of rotatable bonds is 4. The van der Waals surface area contributed by atoms with Gasteiger partial charge in [-0.1, -0.05) is 6.07 Å². The fraction of sp³-hybridized carbons (Fsp3) is 0.364. The van der Waals surface area contributed by atoms with Gasteiger partial charge in [-0.3, -0.25) is 0 Å². The molecule has 1 N–H and O–H groups in total. The number of carbonyl (C=O) groups is 1. The number of halogens is 1. The molecule has 0 spiro atoms. The fourth-order valence-corrected chi connectivity index (χ4v) is 2.09. The Kier molecular flexibility index (Phi) is 4.77. The van der Waals surface area contributed by atoms with Gasteiger partial charge in [-0.05, 0) is 29.7 Å². The molecule has 0 saturated carbocycles. The molecule has 0 heterocycles. The third kappa shape index (κ3) is 3.34. The highest BCUT2D eigenvalue weighted by molar-refractivity contribution is 7.78. The zero-order valence-electron chi connectivity index (χ0n) is 9.53. The summed E-state index contributed by atoms with van der Waals surface area (Å²) >= 11 is -2.00. The Bertz CT molecular complexity index is 459. The normalized spacial score (nSPS) is 12.2. The van der Waals surface area contributed by atoms with Gasteiger partial charge in [-0.15, -0.1) is 0 Å². The molecule has 0 saturated heterocycles. The van der Waals surface area contributed by atoms with Gasteiger partial charge < -0.3 is 9.29 Å². The monoisotopic (exact) mass is 260 g/mol. The molecule has 0 bridgehead atoms. The molecule has 0 aliphatic heterocycles. The number of alkyl halides is 1. The highest BCUT2D eigenvalue weighted by Crippen LogP contribution is 2.20. The average Bonchev–Trinajstić information content (AvgIpc) is 2.29. The van der Waals surface area contributed by atoms with Crippen molar-refractivity contribution in [2.45, 2.75) is 19.4 Å². The van der Waals surface area contributed by atoms with Crippen molar-refractivity contribution in [3.8, 4) is 0 Å². The molecular formula is C11H13FO4S. The SMILES string of the molecule is COC(=O)c1cc(CS(=O)O)c(C)cc1CF. The van der Waals surface area contributed by atoms with Crippen molar-refractivity contribution in [1.82, 2.24) is 0 Å². The van der Waals surface area contributed by atoms with Crippen LogP contribution in [0.1, 0.15) is 27.0 Å². The third-order valence-corrected chi connectivity index (χ3v) is 2.95. The minimum Gasteiger partial charge on any atom is -0.465 e. The molecule has 0 aliphatic carbocycles. The van der Waals surface area contributed by atoms with Crippen LogP contribution in [0.5, 0.6) is 0 Å². The third-order valence-electron chi connectivity index (χ3n) is 2.39. The largest absolute Gasteiger partial charge is 0.465 e. The Labute approximate surface area is 101 Å². The van der Waals surface area contributed by atoms with Crippen LogP contribution in [0.4, 0.5) is 4.39 Å². The lowest BCUT2D eigenvalue weighted by atomic mass is 10.0. The number of aryl methyl sites for hydroxylation is 1. The van der Waals surface area contributed by atoms with E-state index in [0.717, 1.165) is 0 Å². The number of hydrogen-bond acceptors (Lipinski definition) is 3. The molecule has 1 rings (SSSR count). The van der Waals surface area contributed by atoms with Crippen molar-refractivity contribution in [3.63, 3.8) is 0 Å². The quantitative estimate of drug-likeness (QED) is 0.664. The van der Waals surface area contributed by atoms with Crippen molar-refractivity contribution in [2.24, 2.45) is 0 Å². The lowest BCUT2D eigenvalue weighted by molar-refractivity contribution is 0.0598. The maximum Gasteiger partial charge on any atom is 0.338 e. The van der Waals surface area contributed by atoms with Gasteiger partial charge in [0.15, 0.2) is 11.1 Å². The van der Waals surface area contributed by atoms with E-state index in [1.165, 1.54) is 19.2 Å². The molecule has 1 aromatic rings. The molecule has 0 radical (unpaired) electrons. The smallest absolute Gasteiger partial charge is 0.338 e. The number of esters is 1. The van der Waals surface area contributed by atoms with Crippen molar-refractivity contribution < 1.29 is 22.7 Å². The summed E-state index contributed by atoms with van der Waals surface area (Å²) in [4.78, 5) is 11.4. The standard InChI is InChI=1S/C11H13FO4S/c1-7-3-8(5-12)10(11(13)16-2)4-9(7)6-17(14)15/h3-4H,5-6H2,1-2H3,(H,14,15). The van der Waals surface area contributed by atoms with E-state index in [9.17, 15) is 13.4 Å².